The monoisotopic (exact) mass is 943 g/mol. The Labute approximate surface area is 401 Å². The van der Waals surface area contributed by atoms with E-state index >= 15 is 0 Å². The van der Waals surface area contributed by atoms with Crippen molar-refractivity contribution in [3.63, 3.8) is 0 Å². The lowest BCUT2D eigenvalue weighted by Gasteiger charge is -2.18. The Hall–Kier alpha value is -6.39. The van der Waals surface area contributed by atoms with Crippen LogP contribution in [0.3, 0.4) is 0 Å². The summed E-state index contributed by atoms with van der Waals surface area (Å²) in [6, 6.07) is 29.0. The summed E-state index contributed by atoms with van der Waals surface area (Å²) in [5.74, 6) is 2.52. The molecule has 0 saturated carbocycles. The molecule has 67 heavy (non-hydrogen) atoms. The van der Waals surface area contributed by atoms with Gasteiger partial charge in [0, 0.05) is 42.9 Å². The minimum atomic E-state index is -0.375. The van der Waals surface area contributed by atoms with Gasteiger partial charge in [0.1, 0.15) is 36.6 Å². The molecular weight excluding hydrogens is 875 g/mol. The van der Waals surface area contributed by atoms with E-state index in [0.29, 0.717) is 43.2 Å². The maximum atomic E-state index is 11.0. The van der Waals surface area contributed by atoms with E-state index in [9.17, 15) is 14.7 Å². The van der Waals surface area contributed by atoms with E-state index in [2.05, 4.69) is 30.0 Å². The number of para-hydroxylation sites is 1. The molecular formula is C52H69N3O11S. The molecule has 0 fully saturated rings. The molecule has 2 N–H and O–H groups in total. The number of aliphatic hydroxyl groups excluding tert-OH is 2. The Kier molecular flexibility index (Phi) is 38.2. The predicted molar refractivity (Wildman–Crippen MR) is 271 cm³/mol. The normalized spacial score (nSPS) is 9.81. The quantitative estimate of drug-likeness (QED) is 0.00768. The molecule has 0 saturated heterocycles. The number of hydrazone groups is 1. The minimum absolute atomic E-state index is 0.0158. The zero-order valence-electron chi connectivity index (χ0n) is 39.3. The number of esters is 1. The second kappa shape index (κ2) is 42.3. The number of methoxy groups -OCH3 is 2. The molecule has 0 aliphatic carbocycles. The van der Waals surface area contributed by atoms with Gasteiger partial charge < -0.3 is 38.7 Å². The maximum Gasteiger partial charge on any atom is 0.330 e. The summed E-state index contributed by atoms with van der Waals surface area (Å²) in [6.07, 6.45) is 13.9. The summed E-state index contributed by atoms with van der Waals surface area (Å²) in [6.45, 7) is 15.1. The van der Waals surface area contributed by atoms with Crippen LogP contribution in [0.2, 0.25) is 0 Å². The van der Waals surface area contributed by atoms with Gasteiger partial charge in [0.15, 0.2) is 0 Å². The number of carbonyl (C=O) groups excluding carboxylic acids is 4. The number of aliphatic imine (C=N–C) groups is 1. The van der Waals surface area contributed by atoms with E-state index in [1.807, 2.05) is 85.7 Å². The second-order valence-electron chi connectivity index (χ2n) is 13.5. The van der Waals surface area contributed by atoms with E-state index in [4.69, 9.17) is 38.4 Å². The van der Waals surface area contributed by atoms with Crippen molar-refractivity contribution in [2.45, 2.75) is 56.3 Å². The van der Waals surface area contributed by atoms with Gasteiger partial charge in [-0.15, -0.1) is 11.8 Å². The lowest BCUT2D eigenvalue weighted by atomic mass is 10.0. The van der Waals surface area contributed by atoms with Gasteiger partial charge in [0.25, 0.3) is 0 Å². The van der Waals surface area contributed by atoms with Crippen LogP contribution in [0, 0.1) is 0 Å². The lowest BCUT2D eigenvalue weighted by molar-refractivity contribution is -0.137. The van der Waals surface area contributed by atoms with Crippen LogP contribution < -0.4 is 14.2 Å². The highest BCUT2D eigenvalue weighted by Gasteiger charge is 2.09. The third-order valence-corrected chi connectivity index (χ3v) is 9.97. The molecule has 15 heteroatoms. The Bertz CT molecular complexity index is 1960. The minimum Gasteiger partial charge on any atom is -0.496 e. The average Bonchev–Trinajstić information content (AvgIpc) is 3.39. The molecule has 0 aliphatic rings. The zero-order chi connectivity index (χ0) is 49.8. The van der Waals surface area contributed by atoms with Crippen LogP contribution in [0.25, 0.3) is 11.1 Å². The van der Waals surface area contributed by atoms with E-state index in [-0.39, 0.29) is 12.6 Å². The summed E-state index contributed by atoms with van der Waals surface area (Å²) in [5, 5.41) is 23.0. The molecule has 0 amide bonds. The van der Waals surface area contributed by atoms with Crippen molar-refractivity contribution in [3.05, 3.63) is 127 Å². The van der Waals surface area contributed by atoms with Crippen molar-refractivity contribution in [3.8, 4) is 28.4 Å². The fourth-order valence-corrected chi connectivity index (χ4v) is 6.48. The number of carbonyl (C=O) groups is 4. The number of aldehydes is 2. The largest absolute Gasteiger partial charge is 0.496 e. The Morgan fingerprint density at radius 1 is 0.746 bits per heavy atom. The second-order valence-corrected chi connectivity index (χ2v) is 14.5. The van der Waals surface area contributed by atoms with Gasteiger partial charge in [-0.1, -0.05) is 49.9 Å². The number of ether oxygens (including phenoxy) is 5. The molecule has 0 atom stereocenters. The topological polar surface area (TPSA) is 183 Å². The van der Waals surface area contributed by atoms with Crippen molar-refractivity contribution in [2.24, 2.45) is 10.1 Å². The van der Waals surface area contributed by atoms with Crippen LogP contribution in [0.4, 0.5) is 5.69 Å². The van der Waals surface area contributed by atoms with Crippen molar-refractivity contribution in [1.82, 2.24) is 5.01 Å². The summed E-state index contributed by atoms with van der Waals surface area (Å²) in [4.78, 5) is 43.6. The number of hydrogen-bond acceptors (Lipinski definition) is 15. The van der Waals surface area contributed by atoms with Crippen molar-refractivity contribution in [1.29, 1.82) is 0 Å². The highest BCUT2D eigenvalue weighted by molar-refractivity contribution is 7.99. The van der Waals surface area contributed by atoms with Crippen molar-refractivity contribution < 1.29 is 53.1 Å². The smallest absolute Gasteiger partial charge is 0.330 e. The summed E-state index contributed by atoms with van der Waals surface area (Å²) < 4.78 is 27.0. The number of nitrogens with zero attached hydrogens (tertiary/aromatic N) is 3. The first kappa shape index (κ1) is 60.6. The molecule has 0 unspecified atom stereocenters. The molecule has 0 spiro atoms. The molecule has 14 nitrogen and oxygen atoms in total. The number of rotatable bonds is 29. The van der Waals surface area contributed by atoms with Crippen molar-refractivity contribution >= 4 is 55.7 Å². The van der Waals surface area contributed by atoms with Gasteiger partial charge >= 0.3 is 5.97 Å². The van der Waals surface area contributed by atoms with Gasteiger partial charge in [-0.05, 0) is 130 Å². The molecule has 0 heterocycles. The first-order chi connectivity index (χ1) is 32.8. The molecule has 0 aliphatic heterocycles. The fourth-order valence-electron chi connectivity index (χ4n) is 5.54. The maximum absolute atomic E-state index is 11.0. The van der Waals surface area contributed by atoms with Gasteiger partial charge in [-0.25, -0.2) is 4.79 Å². The SMILES string of the molecule is C=CC(=O)OCCCCCCOc1ccc(-c2ccc(OC)c(/C=N/N(CCO)CSc3ccccc3N=C)c2)cc1.C=CC=O.C=O.CO.COCCCCCCOc1ccc(C=O)cc1. The number of aliphatic hydroxyl groups is 2. The molecule has 0 aromatic heterocycles. The highest BCUT2D eigenvalue weighted by atomic mass is 32.2. The predicted octanol–water partition coefficient (Wildman–Crippen LogP) is 9.62. The number of allylic oxidation sites excluding steroid dienone is 1. The van der Waals surface area contributed by atoms with Crippen molar-refractivity contribution in [2.75, 3.05) is 66.8 Å². The van der Waals surface area contributed by atoms with Crippen LogP contribution in [-0.4, -0.2) is 120 Å². The van der Waals surface area contributed by atoms with Crippen LogP contribution in [0.1, 0.15) is 67.3 Å². The third kappa shape index (κ3) is 28.3. The van der Waals surface area contributed by atoms with E-state index in [1.54, 1.807) is 49.3 Å². The average molecular weight is 944 g/mol. The third-order valence-electron chi connectivity index (χ3n) is 8.88. The molecule has 364 valence electrons. The van der Waals surface area contributed by atoms with Crippen LogP contribution in [-0.2, 0) is 23.9 Å². The Morgan fingerprint density at radius 2 is 1.30 bits per heavy atom. The molecule has 4 aromatic rings. The Morgan fingerprint density at radius 3 is 1.82 bits per heavy atom. The zero-order valence-corrected chi connectivity index (χ0v) is 40.1. The van der Waals surface area contributed by atoms with Gasteiger partial charge in [0.2, 0.25) is 0 Å². The standard InChI is InChI=1S/C33H39N3O5S.C14H20O3.C3H4O.CH4O.CH2O/c1-4-33(38)41-22-10-6-5-9-21-40-29-16-13-26(14-17-29)27-15-18-31(39-3)28(23-27)24-35-36(19-20-37)25-42-32-12-8-7-11-30(32)34-2;1-16-10-4-2-3-5-11-17-14-8-6-13(12-15)7-9-14;1-2-3-4;2*1-2/h4,7-8,11-18,23-24,37H,1-2,5-6,9-10,19-22,25H2,3H3;6-9,12H,2-5,10-11H2,1H3;2-3H,1H2;2H,1H3;1H2/b35-24+;;;;. The van der Waals surface area contributed by atoms with E-state index < -0.39 is 0 Å². The molecule has 4 rings (SSSR count). The number of benzene rings is 4. The molecule has 4 aromatic carbocycles. The number of unbranched alkanes of at least 4 members (excludes halogenated alkanes) is 6. The lowest BCUT2D eigenvalue weighted by Crippen LogP contribution is -2.21. The first-order valence-corrected chi connectivity index (χ1v) is 22.6. The number of thioether (sulfide) groups is 1. The van der Waals surface area contributed by atoms with Gasteiger partial charge in [-0.3, -0.25) is 19.6 Å². The van der Waals surface area contributed by atoms with Crippen LogP contribution >= 0.6 is 11.8 Å². The first-order valence-electron chi connectivity index (χ1n) is 21.6. The Balaban J connectivity index is 0.00000144. The fraction of sp³-hybridized carbons (Fsp3) is 0.346. The summed E-state index contributed by atoms with van der Waals surface area (Å²) in [5.41, 5.74) is 4.40. The van der Waals surface area contributed by atoms with Gasteiger partial charge in [-0.2, -0.15) is 5.10 Å². The van der Waals surface area contributed by atoms with Crippen LogP contribution in [0.5, 0.6) is 17.2 Å². The summed E-state index contributed by atoms with van der Waals surface area (Å²) >= 11 is 1.58. The van der Waals surface area contributed by atoms with Crippen LogP contribution in [0.15, 0.2) is 131 Å². The molecule has 0 radical (unpaired) electrons. The summed E-state index contributed by atoms with van der Waals surface area (Å²) in [7, 11) is 4.36. The van der Waals surface area contributed by atoms with E-state index in [1.165, 1.54) is 18.6 Å². The van der Waals surface area contributed by atoms with Gasteiger partial charge in [0.05, 0.1) is 57.9 Å². The number of hydrogen-bond donors (Lipinski definition) is 2. The van der Waals surface area contributed by atoms with E-state index in [0.717, 1.165) is 110 Å². The highest BCUT2D eigenvalue weighted by Crippen LogP contribution is 2.30. The molecule has 0 bridgehead atoms.